The molecule has 2 heteroatoms. The van der Waals surface area contributed by atoms with Gasteiger partial charge in [-0.15, -0.1) is 0 Å². The fourth-order valence-corrected chi connectivity index (χ4v) is 0.861. The molecule has 0 aliphatic carbocycles. The van der Waals surface area contributed by atoms with E-state index >= 15 is 0 Å². The summed E-state index contributed by atoms with van der Waals surface area (Å²) in [4.78, 5) is 8.54. The molecule has 0 spiro atoms. The maximum atomic E-state index is 4.30. The Kier molecular flexibility index (Phi) is 2.97. The number of aryl methyl sites for hydroxylation is 1. The molecule has 0 atom stereocenters. The van der Waals surface area contributed by atoms with Gasteiger partial charge in [0.05, 0.1) is 5.69 Å². The van der Waals surface area contributed by atoms with Crippen molar-refractivity contribution in [2.24, 2.45) is 4.99 Å². The molecule has 2 nitrogen and oxygen atoms in total. The smallest absolute Gasteiger partial charge is 0.0811 e. The van der Waals surface area contributed by atoms with Crippen LogP contribution in [0.15, 0.2) is 23.2 Å². The molecular formula is C10H14N2. The number of aliphatic imine (C=N–C) groups is 1. The van der Waals surface area contributed by atoms with E-state index in [1.165, 1.54) is 0 Å². The third-order valence-corrected chi connectivity index (χ3v) is 1.41. The van der Waals surface area contributed by atoms with Gasteiger partial charge in [0, 0.05) is 18.0 Å². The van der Waals surface area contributed by atoms with Crippen molar-refractivity contribution in [3.63, 3.8) is 0 Å². The van der Waals surface area contributed by atoms with Gasteiger partial charge in [0.2, 0.25) is 0 Å². The van der Waals surface area contributed by atoms with E-state index in [0.29, 0.717) is 6.04 Å². The summed E-state index contributed by atoms with van der Waals surface area (Å²) >= 11 is 0. The van der Waals surface area contributed by atoms with Crippen LogP contribution in [0.4, 0.5) is 0 Å². The van der Waals surface area contributed by atoms with E-state index < -0.39 is 0 Å². The summed E-state index contributed by atoms with van der Waals surface area (Å²) in [5.41, 5.74) is 1.96. The highest BCUT2D eigenvalue weighted by atomic mass is 14.8. The lowest BCUT2D eigenvalue weighted by molar-refractivity contribution is 0.840. The Morgan fingerprint density at radius 2 is 2.17 bits per heavy atom. The molecule has 0 saturated heterocycles. The fourth-order valence-electron chi connectivity index (χ4n) is 0.861. The Hall–Kier alpha value is -1.18. The van der Waals surface area contributed by atoms with Crippen LogP contribution >= 0.6 is 0 Å². The van der Waals surface area contributed by atoms with E-state index in [2.05, 4.69) is 9.98 Å². The summed E-state index contributed by atoms with van der Waals surface area (Å²) in [7, 11) is 0. The zero-order chi connectivity index (χ0) is 8.97. The van der Waals surface area contributed by atoms with Crippen molar-refractivity contribution in [3.8, 4) is 0 Å². The van der Waals surface area contributed by atoms with Crippen LogP contribution in [0.5, 0.6) is 0 Å². The van der Waals surface area contributed by atoms with E-state index in [4.69, 9.17) is 0 Å². The van der Waals surface area contributed by atoms with Crippen LogP contribution in [0.25, 0.3) is 0 Å². The van der Waals surface area contributed by atoms with Gasteiger partial charge in [-0.25, -0.2) is 0 Å². The molecule has 1 aromatic heterocycles. The van der Waals surface area contributed by atoms with Gasteiger partial charge in [0.15, 0.2) is 0 Å². The Balaban J connectivity index is 2.76. The molecule has 1 rings (SSSR count). The summed E-state index contributed by atoms with van der Waals surface area (Å²) in [5, 5.41) is 0. The van der Waals surface area contributed by atoms with Gasteiger partial charge >= 0.3 is 0 Å². The van der Waals surface area contributed by atoms with Crippen molar-refractivity contribution >= 4 is 6.21 Å². The van der Waals surface area contributed by atoms with Crippen LogP contribution in [0.1, 0.15) is 25.2 Å². The first-order chi connectivity index (χ1) is 5.68. The fraction of sp³-hybridized carbons (Fsp3) is 0.400. The molecule has 0 aliphatic rings. The van der Waals surface area contributed by atoms with Crippen LogP contribution in [0.2, 0.25) is 0 Å². The Labute approximate surface area is 73.4 Å². The molecule has 0 saturated carbocycles. The number of nitrogens with zero attached hydrogens (tertiary/aromatic N) is 2. The quantitative estimate of drug-likeness (QED) is 0.612. The average molecular weight is 162 g/mol. The molecule has 12 heavy (non-hydrogen) atoms. The van der Waals surface area contributed by atoms with Crippen LogP contribution in [0.3, 0.4) is 0 Å². The Morgan fingerprint density at radius 3 is 2.75 bits per heavy atom. The van der Waals surface area contributed by atoms with Crippen LogP contribution in [-0.4, -0.2) is 17.2 Å². The van der Waals surface area contributed by atoms with Gasteiger partial charge in [0.1, 0.15) is 0 Å². The van der Waals surface area contributed by atoms with E-state index in [1.54, 1.807) is 0 Å². The van der Waals surface area contributed by atoms with E-state index in [1.807, 2.05) is 45.2 Å². The largest absolute Gasteiger partial charge is 0.288 e. The molecular weight excluding hydrogens is 148 g/mol. The number of pyridine rings is 1. The lowest BCUT2D eigenvalue weighted by Crippen LogP contribution is -1.93. The summed E-state index contributed by atoms with van der Waals surface area (Å²) < 4.78 is 0. The maximum Gasteiger partial charge on any atom is 0.0811 e. The van der Waals surface area contributed by atoms with Crippen molar-refractivity contribution < 1.29 is 0 Å². The van der Waals surface area contributed by atoms with Crippen molar-refractivity contribution in [2.75, 3.05) is 0 Å². The van der Waals surface area contributed by atoms with Crippen molar-refractivity contribution in [1.82, 2.24) is 4.98 Å². The summed E-state index contributed by atoms with van der Waals surface area (Å²) in [6, 6.07) is 6.27. The van der Waals surface area contributed by atoms with Gasteiger partial charge in [-0.1, -0.05) is 6.07 Å². The van der Waals surface area contributed by atoms with Gasteiger partial charge in [0.25, 0.3) is 0 Å². The first-order valence-corrected chi connectivity index (χ1v) is 4.15. The van der Waals surface area contributed by atoms with Crippen LogP contribution in [0, 0.1) is 6.92 Å². The molecule has 0 amide bonds. The second kappa shape index (κ2) is 4.00. The SMILES string of the molecule is Cc1cccc(/C=N/C(C)C)n1. The molecule has 0 unspecified atom stereocenters. The molecule has 1 heterocycles. The molecule has 0 aliphatic heterocycles. The van der Waals surface area contributed by atoms with E-state index in [-0.39, 0.29) is 0 Å². The van der Waals surface area contributed by atoms with E-state index in [0.717, 1.165) is 11.4 Å². The zero-order valence-corrected chi connectivity index (χ0v) is 7.78. The second-order valence-corrected chi connectivity index (χ2v) is 3.08. The van der Waals surface area contributed by atoms with E-state index in [9.17, 15) is 0 Å². The standard InChI is InChI=1S/C10H14N2/c1-8(2)11-7-10-6-4-5-9(3)12-10/h4-8H,1-3H3/b11-7+. The highest BCUT2D eigenvalue weighted by Gasteiger charge is 1.90. The minimum absolute atomic E-state index is 0.340. The van der Waals surface area contributed by atoms with Crippen molar-refractivity contribution in [2.45, 2.75) is 26.8 Å². The molecule has 1 aromatic rings. The molecule has 0 aromatic carbocycles. The first kappa shape index (κ1) is 8.91. The van der Waals surface area contributed by atoms with Gasteiger partial charge in [-0.2, -0.15) is 0 Å². The topological polar surface area (TPSA) is 25.2 Å². The monoisotopic (exact) mass is 162 g/mol. The molecule has 0 N–H and O–H groups in total. The van der Waals surface area contributed by atoms with Gasteiger partial charge in [-0.05, 0) is 32.9 Å². The minimum Gasteiger partial charge on any atom is -0.288 e. The van der Waals surface area contributed by atoms with Crippen molar-refractivity contribution in [3.05, 3.63) is 29.6 Å². The summed E-state index contributed by atoms with van der Waals surface area (Å²) in [6.45, 7) is 6.07. The predicted octanol–water partition coefficient (Wildman–Crippen LogP) is 2.22. The number of hydrogen-bond donors (Lipinski definition) is 0. The average Bonchev–Trinajstić information content (AvgIpc) is 2.01. The molecule has 0 radical (unpaired) electrons. The molecule has 0 bridgehead atoms. The number of hydrogen-bond acceptors (Lipinski definition) is 2. The predicted molar refractivity (Wildman–Crippen MR) is 51.7 cm³/mol. The third kappa shape index (κ3) is 2.82. The summed E-state index contributed by atoms with van der Waals surface area (Å²) in [6.07, 6.45) is 1.82. The Morgan fingerprint density at radius 1 is 1.42 bits per heavy atom. The molecule has 64 valence electrons. The highest BCUT2D eigenvalue weighted by molar-refractivity contribution is 5.76. The van der Waals surface area contributed by atoms with Crippen LogP contribution < -0.4 is 0 Å². The van der Waals surface area contributed by atoms with Gasteiger partial charge < -0.3 is 0 Å². The number of aromatic nitrogens is 1. The number of rotatable bonds is 2. The van der Waals surface area contributed by atoms with Gasteiger partial charge in [-0.3, -0.25) is 9.98 Å². The van der Waals surface area contributed by atoms with Crippen LogP contribution in [-0.2, 0) is 0 Å². The lowest BCUT2D eigenvalue weighted by atomic mass is 10.3. The minimum atomic E-state index is 0.340. The third-order valence-electron chi connectivity index (χ3n) is 1.41. The second-order valence-electron chi connectivity index (χ2n) is 3.08. The lowest BCUT2D eigenvalue weighted by Gasteiger charge is -1.96. The normalized spacial score (nSPS) is 11.3. The highest BCUT2D eigenvalue weighted by Crippen LogP contribution is 1.95. The molecule has 0 fully saturated rings. The zero-order valence-electron chi connectivity index (χ0n) is 7.78. The summed E-state index contributed by atoms with van der Waals surface area (Å²) in [5.74, 6) is 0. The Bertz CT molecular complexity index is 277. The van der Waals surface area contributed by atoms with Crippen molar-refractivity contribution in [1.29, 1.82) is 0 Å². The first-order valence-electron chi connectivity index (χ1n) is 4.15. The maximum absolute atomic E-state index is 4.30.